The molecule has 1 aliphatic rings. The molecule has 0 N–H and O–H groups in total. The monoisotopic (exact) mass is 218 g/mol. The summed E-state index contributed by atoms with van der Waals surface area (Å²) in [6.07, 6.45) is 2.56. The molecular weight excluding hydrogens is 196 g/mol. The van der Waals surface area contributed by atoms with E-state index >= 15 is 0 Å². The summed E-state index contributed by atoms with van der Waals surface area (Å²) in [5.41, 5.74) is 0.418. The van der Waals surface area contributed by atoms with Gasteiger partial charge in [-0.15, -0.1) is 0 Å². The molecule has 14 heavy (non-hydrogen) atoms. The first-order valence-electron chi connectivity index (χ1n) is 5.45. The third-order valence-electron chi connectivity index (χ3n) is 2.52. The van der Waals surface area contributed by atoms with Crippen LogP contribution in [0.25, 0.3) is 0 Å². The highest BCUT2D eigenvalue weighted by Crippen LogP contribution is 2.46. The highest BCUT2D eigenvalue weighted by atomic mass is 32.1. The molecule has 0 bridgehead atoms. The molecule has 0 saturated heterocycles. The number of hydrogen-bond acceptors (Lipinski definition) is 3. The van der Waals surface area contributed by atoms with Gasteiger partial charge in [0.2, 0.25) is 0 Å². The maximum Gasteiger partial charge on any atom is 0.0700 e. The van der Waals surface area contributed by atoms with E-state index in [4.69, 9.17) is 9.47 Å². The molecule has 0 atom stereocenters. The fourth-order valence-electron chi connectivity index (χ4n) is 1.25. The SMILES string of the molecule is CC(C)COCCOCC1(CS)CC1. The second-order valence-electron chi connectivity index (χ2n) is 4.68. The van der Waals surface area contributed by atoms with E-state index in [-0.39, 0.29) is 0 Å². The maximum atomic E-state index is 5.56. The van der Waals surface area contributed by atoms with Crippen molar-refractivity contribution in [1.82, 2.24) is 0 Å². The van der Waals surface area contributed by atoms with Crippen molar-refractivity contribution in [1.29, 1.82) is 0 Å². The standard InChI is InChI=1S/C11H22O2S/c1-10(2)7-12-5-6-13-8-11(9-14)3-4-11/h10,14H,3-9H2,1-2H3. The van der Waals surface area contributed by atoms with E-state index in [0.717, 1.165) is 32.2 Å². The molecule has 1 rings (SSSR count). The molecule has 84 valence electrons. The first kappa shape index (κ1) is 12.3. The lowest BCUT2D eigenvalue weighted by atomic mass is 10.2. The van der Waals surface area contributed by atoms with Gasteiger partial charge in [-0.1, -0.05) is 13.8 Å². The lowest BCUT2D eigenvalue weighted by molar-refractivity contribution is 0.0245. The lowest BCUT2D eigenvalue weighted by Crippen LogP contribution is -2.15. The lowest BCUT2D eigenvalue weighted by Gasteiger charge is -2.12. The highest BCUT2D eigenvalue weighted by Gasteiger charge is 2.41. The largest absolute Gasteiger partial charge is 0.379 e. The second kappa shape index (κ2) is 5.99. The molecule has 0 unspecified atom stereocenters. The summed E-state index contributed by atoms with van der Waals surface area (Å²) in [5, 5.41) is 0. The fourth-order valence-corrected chi connectivity index (χ4v) is 1.66. The van der Waals surface area contributed by atoms with Crippen molar-refractivity contribution in [2.75, 3.05) is 32.2 Å². The van der Waals surface area contributed by atoms with Crippen LogP contribution >= 0.6 is 12.6 Å². The first-order valence-corrected chi connectivity index (χ1v) is 6.08. The van der Waals surface area contributed by atoms with Crippen molar-refractivity contribution in [2.24, 2.45) is 11.3 Å². The van der Waals surface area contributed by atoms with Gasteiger partial charge in [-0.3, -0.25) is 0 Å². The summed E-state index contributed by atoms with van der Waals surface area (Å²) in [7, 11) is 0. The Bertz CT molecular complexity index is 155. The van der Waals surface area contributed by atoms with Gasteiger partial charge < -0.3 is 9.47 Å². The van der Waals surface area contributed by atoms with E-state index in [1.54, 1.807) is 0 Å². The van der Waals surface area contributed by atoms with Crippen LogP contribution in [0.2, 0.25) is 0 Å². The molecular formula is C11H22O2S. The van der Waals surface area contributed by atoms with Gasteiger partial charge in [0.1, 0.15) is 0 Å². The van der Waals surface area contributed by atoms with E-state index in [9.17, 15) is 0 Å². The van der Waals surface area contributed by atoms with Crippen molar-refractivity contribution in [3.63, 3.8) is 0 Å². The van der Waals surface area contributed by atoms with Crippen LogP contribution in [0.4, 0.5) is 0 Å². The summed E-state index contributed by atoms with van der Waals surface area (Å²) < 4.78 is 11.0. The molecule has 0 aromatic heterocycles. The molecule has 0 heterocycles. The summed E-state index contributed by atoms with van der Waals surface area (Å²) in [5.74, 6) is 1.57. The van der Waals surface area contributed by atoms with Crippen LogP contribution < -0.4 is 0 Å². The van der Waals surface area contributed by atoms with E-state index in [0.29, 0.717) is 11.3 Å². The molecule has 0 spiro atoms. The molecule has 0 aromatic rings. The van der Waals surface area contributed by atoms with E-state index in [2.05, 4.69) is 26.5 Å². The van der Waals surface area contributed by atoms with Crippen molar-refractivity contribution < 1.29 is 9.47 Å². The molecule has 1 saturated carbocycles. The molecule has 0 aliphatic heterocycles. The van der Waals surface area contributed by atoms with Gasteiger partial charge in [0.15, 0.2) is 0 Å². The zero-order valence-corrected chi connectivity index (χ0v) is 10.2. The number of hydrogen-bond donors (Lipinski definition) is 1. The van der Waals surface area contributed by atoms with Crippen LogP contribution in [0.3, 0.4) is 0 Å². The Balaban J connectivity index is 1.85. The van der Waals surface area contributed by atoms with Crippen molar-refractivity contribution in [3.05, 3.63) is 0 Å². The fraction of sp³-hybridized carbons (Fsp3) is 1.00. The van der Waals surface area contributed by atoms with Gasteiger partial charge >= 0.3 is 0 Å². The minimum atomic E-state index is 0.418. The summed E-state index contributed by atoms with van der Waals surface area (Å²) >= 11 is 4.32. The minimum absolute atomic E-state index is 0.418. The Morgan fingerprint density at radius 3 is 2.36 bits per heavy atom. The quantitative estimate of drug-likeness (QED) is 0.498. The van der Waals surface area contributed by atoms with E-state index < -0.39 is 0 Å². The predicted octanol–water partition coefficient (Wildman–Crippen LogP) is 2.39. The second-order valence-corrected chi connectivity index (χ2v) is 5.00. The maximum absolute atomic E-state index is 5.56. The van der Waals surface area contributed by atoms with Gasteiger partial charge in [-0.2, -0.15) is 12.6 Å². The predicted molar refractivity (Wildman–Crippen MR) is 62.0 cm³/mol. The van der Waals surface area contributed by atoms with Gasteiger partial charge in [0, 0.05) is 12.0 Å². The van der Waals surface area contributed by atoms with Gasteiger partial charge in [-0.25, -0.2) is 0 Å². The first-order chi connectivity index (χ1) is 6.68. The third kappa shape index (κ3) is 4.67. The third-order valence-corrected chi connectivity index (χ3v) is 3.19. The normalized spacial score (nSPS) is 18.9. The summed E-state index contributed by atoms with van der Waals surface area (Å²) in [4.78, 5) is 0. The number of rotatable bonds is 8. The van der Waals surface area contributed by atoms with Crippen molar-refractivity contribution >= 4 is 12.6 Å². The zero-order chi connectivity index (χ0) is 10.4. The molecule has 0 aromatic carbocycles. The van der Waals surface area contributed by atoms with E-state index in [1.807, 2.05) is 0 Å². The van der Waals surface area contributed by atoms with Crippen LogP contribution in [-0.4, -0.2) is 32.2 Å². The Labute approximate surface area is 92.8 Å². The highest BCUT2D eigenvalue weighted by molar-refractivity contribution is 7.80. The van der Waals surface area contributed by atoms with Crippen LogP contribution in [0.1, 0.15) is 26.7 Å². The number of ether oxygens (including phenoxy) is 2. The van der Waals surface area contributed by atoms with E-state index in [1.165, 1.54) is 12.8 Å². The van der Waals surface area contributed by atoms with Crippen molar-refractivity contribution in [3.8, 4) is 0 Å². The molecule has 2 nitrogen and oxygen atoms in total. The Morgan fingerprint density at radius 2 is 1.86 bits per heavy atom. The average molecular weight is 218 g/mol. The molecule has 1 fully saturated rings. The number of thiol groups is 1. The molecule has 1 aliphatic carbocycles. The smallest absolute Gasteiger partial charge is 0.0700 e. The molecule has 0 amide bonds. The molecule has 3 heteroatoms. The van der Waals surface area contributed by atoms with Crippen LogP contribution in [0.5, 0.6) is 0 Å². The van der Waals surface area contributed by atoms with Gasteiger partial charge in [0.25, 0.3) is 0 Å². The molecule has 0 radical (unpaired) electrons. The van der Waals surface area contributed by atoms with Crippen LogP contribution in [-0.2, 0) is 9.47 Å². The van der Waals surface area contributed by atoms with Crippen LogP contribution in [0, 0.1) is 11.3 Å². The van der Waals surface area contributed by atoms with Crippen molar-refractivity contribution in [2.45, 2.75) is 26.7 Å². The van der Waals surface area contributed by atoms with Gasteiger partial charge in [0.05, 0.1) is 19.8 Å². The Kier molecular flexibility index (Phi) is 5.28. The minimum Gasteiger partial charge on any atom is -0.379 e. The Hall–Kier alpha value is 0.270. The zero-order valence-electron chi connectivity index (χ0n) is 9.29. The van der Waals surface area contributed by atoms with Gasteiger partial charge in [-0.05, 0) is 24.5 Å². The average Bonchev–Trinajstić information content (AvgIpc) is 2.91. The topological polar surface area (TPSA) is 18.5 Å². The van der Waals surface area contributed by atoms with Crippen LogP contribution in [0.15, 0.2) is 0 Å². The Morgan fingerprint density at radius 1 is 1.21 bits per heavy atom. The summed E-state index contributed by atoms with van der Waals surface area (Å²) in [6, 6.07) is 0. The summed E-state index contributed by atoms with van der Waals surface area (Å²) in [6.45, 7) is 7.45.